The van der Waals surface area contributed by atoms with Crippen LogP contribution in [0, 0.1) is 5.92 Å². The first-order chi connectivity index (χ1) is 26.4. The van der Waals surface area contributed by atoms with E-state index in [4.69, 9.17) is 14.3 Å². The lowest BCUT2D eigenvalue weighted by molar-refractivity contribution is -0.274. The Hall–Kier alpha value is -5.72. The van der Waals surface area contributed by atoms with E-state index in [2.05, 4.69) is 25.5 Å². The number of amides is 2. The number of carboxylic acid groups (broad SMARTS) is 1. The van der Waals surface area contributed by atoms with E-state index in [-0.39, 0.29) is 42.3 Å². The van der Waals surface area contributed by atoms with Gasteiger partial charge >= 0.3 is 18.4 Å². The zero-order valence-electron chi connectivity index (χ0n) is 32.1. The van der Waals surface area contributed by atoms with Gasteiger partial charge in [-0.1, -0.05) is 77.1 Å². The summed E-state index contributed by atoms with van der Waals surface area (Å²) in [5, 5.41) is 11.5. The summed E-state index contributed by atoms with van der Waals surface area (Å²) in [4.78, 5) is 47.5. The molecule has 298 valence electrons. The van der Waals surface area contributed by atoms with Gasteiger partial charge in [0.1, 0.15) is 17.4 Å². The number of hydrogen-bond donors (Lipinski definition) is 1. The molecule has 4 aromatic rings. The van der Waals surface area contributed by atoms with Crippen LogP contribution in [0.4, 0.5) is 18.0 Å². The molecule has 0 aliphatic carbocycles. The fourth-order valence-corrected chi connectivity index (χ4v) is 6.06. The second-order valence-corrected chi connectivity index (χ2v) is 15.1. The first-order valence-corrected chi connectivity index (χ1v) is 18.4. The van der Waals surface area contributed by atoms with Gasteiger partial charge in [0.05, 0.1) is 19.8 Å². The Labute approximate surface area is 324 Å². The lowest BCUT2D eigenvalue weighted by Gasteiger charge is -2.29. The number of hydrogen-bond acceptors (Lipinski definition) is 7. The molecule has 2 amide bonds. The maximum Gasteiger partial charge on any atom is 0.573 e. The first-order valence-electron chi connectivity index (χ1n) is 18.4. The van der Waals surface area contributed by atoms with Crippen LogP contribution in [0.25, 0.3) is 0 Å². The number of ether oxygens (including phenoxy) is 3. The molecule has 56 heavy (non-hydrogen) atoms. The molecular formula is C43H47F3N2O8. The smallest absolute Gasteiger partial charge is 0.493 e. The highest BCUT2D eigenvalue weighted by molar-refractivity contribution is 5.94. The average molecular weight is 777 g/mol. The van der Waals surface area contributed by atoms with E-state index in [1.165, 1.54) is 24.3 Å². The minimum atomic E-state index is -4.77. The molecule has 1 atom stereocenters. The number of aliphatic carboxylic acids is 1. The number of fused-ring (bicyclic) bond motifs is 1. The maximum atomic E-state index is 14.2. The van der Waals surface area contributed by atoms with Crippen LogP contribution in [0.1, 0.15) is 78.7 Å². The van der Waals surface area contributed by atoms with E-state index < -0.39 is 30.2 Å². The normalized spacial score (nSPS) is 13.4. The van der Waals surface area contributed by atoms with E-state index in [1.807, 2.05) is 32.0 Å². The van der Waals surface area contributed by atoms with Gasteiger partial charge in [0, 0.05) is 25.1 Å². The van der Waals surface area contributed by atoms with Gasteiger partial charge < -0.3 is 29.1 Å². The van der Waals surface area contributed by atoms with Crippen LogP contribution >= 0.6 is 0 Å². The molecule has 13 heteroatoms. The van der Waals surface area contributed by atoms with Crippen molar-refractivity contribution in [2.75, 3.05) is 26.3 Å². The zero-order chi connectivity index (χ0) is 40.6. The second-order valence-electron chi connectivity index (χ2n) is 15.1. The molecule has 1 unspecified atom stereocenters. The molecular weight excluding hydrogens is 729 g/mol. The van der Waals surface area contributed by atoms with E-state index in [9.17, 15) is 32.7 Å². The Morgan fingerprint density at radius 1 is 0.839 bits per heavy atom. The predicted octanol–water partition coefficient (Wildman–Crippen LogP) is 8.96. The molecule has 0 bridgehead atoms. The van der Waals surface area contributed by atoms with Crippen molar-refractivity contribution in [1.29, 1.82) is 0 Å². The highest BCUT2D eigenvalue weighted by Crippen LogP contribution is 2.29. The molecule has 0 fully saturated rings. The largest absolute Gasteiger partial charge is 0.573 e. The van der Waals surface area contributed by atoms with Crippen molar-refractivity contribution >= 4 is 18.0 Å². The fraction of sp³-hybridized carbons (Fsp3) is 0.372. The first kappa shape index (κ1) is 41.4. The van der Waals surface area contributed by atoms with Crippen molar-refractivity contribution in [2.24, 2.45) is 5.92 Å². The summed E-state index contributed by atoms with van der Waals surface area (Å²) in [6.45, 7) is 11.1. The van der Waals surface area contributed by atoms with Gasteiger partial charge in [0.2, 0.25) is 0 Å². The van der Waals surface area contributed by atoms with E-state index in [0.29, 0.717) is 43.1 Å². The lowest BCUT2D eigenvalue weighted by Crippen LogP contribution is -2.40. The molecule has 0 radical (unpaired) electrons. The number of carboxylic acids is 1. The summed E-state index contributed by atoms with van der Waals surface area (Å²) in [6, 6.07) is 24.4. The molecule has 0 aromatic heterocycles. The number of carbonyl (C=O) groups excluding carboxylic acids is 2. The number of benzene rings is 4. The Morgan fingerprint density at radius 2 is 1.48 bits per heavy atom. The van der Waals surface area contributed by atoms with Gasteiger partial charge in [-0.05, 0) is 94.1 Å². The Kier molecular flexibility index (Phi) is 13.2. The van der Waals surface area contributed by atoms with E-state index in [0.717, 1.165) is 27.3 Å². The number of carbonyl (C=O) groups is 3. The van der Waals surface area contributed by atoms with Gasteiger partial charge in [-0.15, -0.1) is 13.2 Å². The minimum Gasteiger partial charge on any atom is -0.493 e. The summed E-state index contributed by atoms with van der Waals surface area (Å²) in [5.74, 6) is -2.26. The summed E-state index contributed by atoms with van der Waals surface area (Å²) < 4.78 is 52.5. The minimum absolute atomic E-state index is 0.128. The van der Waals surface area contributed by atoms with Crippen LogP contribution in [-0.4, -0.2) is 65.7 Å². The fourth-order valence-electron chi connectivity index (χ4n) is 6.06. The molecule has 1 aliphatic rings. The van der Waals surface area contributed by atoms with Crippen molar-refractivity contribution in [1.82, 2.24) is 9.96 Å². The highest BCUT2D eigenvalue weighted by Gasteiger charge is 2.32. The van der Waals surface area contributed by atoms with Crippen LogP contribution < -0.4 is 14.3 Å². The molecule has 0 saturated carbocycles. The summed E-state index contributed by atoms with van der Waals surface area (Å²) in [7, 11) is 0. The number of alkyl halides is 3. The Balaban J connectivity index is 1.32. The lowest BCUT2D eigenvalue weighted by atomic mass is 9.87. The summed E-state index contributed by atoms with van der Waals surface area (Å²) in [5.41, 5.74) is 4.11. The standard InChI is InChI=1S/C43H47F3N2O8/c1-28(2)27-54-41(52)47-22-20-30-8-9-32(24-33(30)25-47)39(49)48(56-37-18-12-34(13-19-37)42(3,4)5)26-38(40(50)51)31-10-16-35(17-11-31)53-23-21-29-6-14-36(15-7-29)55-43(44,45)46/h6-19,24,28,38H,20-23,25-27H2,1-5H3,(H,50,51). The van der Waals surface area contributed by atoms with Crippen molar-refractivity contribution in [3.05, 3.63) is 124 Å². The van der Waals surface area contributed by atoms with Gasteiger partial charge in [0.25, 0.3) is 5.91 Å². The van der Waals surface area contributed by atoms with Gasteiger partial charge in [-0.3, -0.25) is 9.59 Å². The van der Waals surface area contributed by atoms with Crippen molar-refractivity contribution in [3.8, 4) is 17.2 Å². The molecule has 5 rings (SSSR count). The molecule has 10 nitrogen and oxygen atoms in total. The number of halogens is 3. The second kappa shape index (κ2) is 17.8. The molecule has 0 saturated heterocycles. The zero-order valence-corrected chi connectivity index (χ0v) is 32.1. The summed E-state index contributed by atoms with van der Waals surface area (Å²) >= 11 is 0. The molecule has 4 aromatic carbocycles. The quantitative estimate of drug-likeness (QED) is 0.126. The Bertz CT molecular complexity index is 1960. The molecule has 1 aliphatic heterocycles. The number of nitrogens with zero attached hydrogens (tertiary/aromatic N) is 2. The van der Waals surface area contributed by atoms with E-state index >= 15 is 0 Å². The van der Waals surface area contributed by atoms with Crippen LogP contribution in [0.15, 0.2) is 91.0 Å². The number of hydroxylamine groups is 2. The molecule has 0 spiro atoms. The van der Waals surface area contributed by atoms with Gasteiger partial charge in [-0.2, -0.15) is 5.06 Å². The summed E-state index contributed by atoms with van der Waals surface area (Å²) in [6.07, 6.45) is -4.19. The van der Waals surface area contributed by atoms with Crippen LogP contribution in [-0.2, 0) is 34.3 Å². The van der Waals surface area contributed by atoms with E-state index in [1.54, 1.807) is 53.4 Å². The third kappa shape index (κ3) is 11.6. The van der Waals surface area contributed by atoms with Crippen LogP contribution in [0.5, 0.6) is 17.2 Å². The Morgan fingerprint density at radius 3 is 2.09 bits per heavy atom. The monoisotopic (exact) mass is 776 g/mol. The van der Waals surface area contributed by atoms with Gasteiger partial charge in [-0.25, -0.2) is 4.79 Å². The van der Waals surface area contributed by atoms with Crippen LogP contribution in [0.3, 0.4) is 0 Å². The van der Waals surface area contributed by atoms with Crippen molar-refractivity contribution < 1.29 is 51.7 Å². The topological polar surface area (TPSA) is 115 Å². The molecule has 1 heterocycles. The average Bonchev–Trinajstić information content (AvgIpc) is 3.15. The maximum absolute atomic E-state index is 14.2. The SMILES string of the molecule is CC(C)COC(=O)N1CCc2ccc(C(=O)N(CC(C(=O)O)c3ccc(OCCc4ccc(OC(F)(F)F)cc4)cc3)Oc3ccc(C(C)(C)C)cc3)cc2C1. The predicted molar refractivity (Wildman–Crippen MR) is 203 cm³/mol. The number of rotatable bonds is 14. The van der Waals surface area contributed by atoms with Crippen molar-refractivity contribution in [2.45, 2.75) is 71.7 Å². The van der Waals surface area contributed by atoms with Crippen molar-refractivity contribution in [3.63, 3.8) is 0 Å². The van der Waals surface area contributed by atoms with Crippen LogP contribution in [0.2, 0.25) is 0 Å². The highest BCUT2D eigenvalue weighted by atomic mass is 19.4. The third-order valence-electron chi connectivity index (χ3n) is 9.17. The van der Waals surface area contributed by atoms with Gasteiger partial charge in [0.15, 0.2) is 5.75 Å². The molecule has 1 N–H and O–H groups in total. The third-order valence-corrected chi connectivity index (χ3v) is 9.17.